The van der Waals surface area contributed by atoms with Crippen molar-refractivity contribution < 1.29 is 23.5 Å². The fraction of sp³-hybridized carbons (Fsp3) is 0.211. The van der Waals surface area contributed by atoms with Gasteiger partial charge in [0.2, 0.25) is 0 Å². The first kappa shape index (κ1) is 18.7. The molecule has 0 fully saturated rings. The molecule has 0 aliphatic carbocycles. The minimum atomic E-state index is -1.12. The van der Waals surface area contributed by atoms with Crippen LogP contribution in [-0.4, -0.2) is 18.2 Å². The van der Waals surface area contributed by atoms with E-state index >= 15 is 0 Å². The molecular formula is C19H15ClO7. The number of hydrogen-bond acceptors (Lipinski definition) is 7. The Morgan fingerprint density at radius 3 is 2.70 bits per heavy atom. The van der Waals surface area contributed by atoms with Gasteiger partial charge in [0.25, 0.3) is 0 Å². The molecule has 0 saturated carbocycles. The van der Waals surface area contributed by atoms with E-state index in [-0.39, 0.29) is 34.4 Å². The predicted octanol–water partition coefficient (Wildman–Crippen LogP) is 3.11. The van der Waals surface area contributed by atoms with E-state index in [1.165, 1.54) is 32.2 Å². The van der Waals surface area contributed by atoms with Gasteiger partial charge in [0.1, 0.15) is 17.1 Å². The molecule has 27 heavy (non-hydrogen) atoms. The summed E-state index contributed by atoms with van der Waals surface area (Å²) in [5.41, 5.74) is -1.26. The van der Waals surface area contributed by atoms with Crippen molar-refractivity contribution in [3.05, 3.63) is 73.1 Å². The lowest BCUT2D eigenvalue weighted by molar-refractivity contribution is -0.140. The molecule has 0 bridgehead atoms. The standard InChI is InChI=1S/C19H15ClO7/c1-9-5-14(21)17(19(24)27-9)11(7-16(22)25-2)13-8-26-15-4-3-10(20)6-12(15)18(13)23/h3-6,8,11,21H,7H2,1-2H3. The first-order valence-corrected chi connectivity index (χ1v) is 8.31. The lowest BCUT2D eigenvalue weighted by Gasteiger charge is -2.16. The maximum absolute atomic E-state index is 13.0. The third-order valence-corrected chi connectivity index (χ3v) is 4.41. The van der Waals surface area contributed by atoms with Gasteiger partial charge in [0, 0.05) is 22.6 Å². The number of aryl methyl sites for hydroxylation is 1. The van der Waals surface area contributed by atoms with E-state index in [9.17, 15) is 19.5 Å². The third-order valence-electron chi connectivity index (χ3n) is 4.17. The summed E-state index contributed by atoms with van der Waals surface area (Å²) in [6, 6.07) is 5.77. The zero-order valence-corrected chi connectivity index (χ0v) is 15.2. The Morgan fingerprint density at radius 2 is 2.04 bits per heavy atom. The maximum atomic E-state index is 13.0. The monoisotopic (exact) mass is 390 g/mol. The van der Waals surface area contributed by atoms with Crippen LogP contribution in [0.3, 0.4) is 0 Å². The van der Waals surface area contributed by atoms with Gasteiger partial charge in [-0.25, -0.2) is 4.79 Å². The molecule has 140 valence electrons. The summed E-state index contributed by atoms with van der Waals surface area (Å²) in [6.45, 7) is 1.49. The van der Waals surface area contributed by atoms with Gasteiger partial charge in [-0.1, -0.05) is 11.6 Å². The molecule has 2 heterocycles. The van der Waals surface area contributed by atoms with E-state index in [1.54, 1.807) is 6.07 Å². The van der Waals surface area contributed by atoms with Crippen molar-refractivity contribution >= 4 is 28.5 Å². The smallest absolute Gasteiger partial charge is 0.343 e. The van der Waals surface area contributed by atoms with E-state index in [2.05, 4.69) is 4.74 Å². The van der Waals surface area contributed by atoms with E-state index in [0.29, 0.717) is 10.6 Å². The van der Waals surface area contributed by atoms with Crippen LogP contribution in [-0.2, 0) is 9.53 Å². The number of benzene rings is 1. The molecule has 8 heteroatoms. The molecule has 1 unspecified atom stereocenters. The first-order valence-electron chi connectivity index (χ1n) is 7.93. The number of aromatic hydroxyl groups is 1. The molecule has 3 rings (SSSR count). The van der Waals surface area contributed by atoms with Crippen molar-refractivity contribution in [1.82, 2.24) is 0 Å². The number of fused-ring (bicyclic) bond motifs is 1. The Morgan fingerprint density at radius 1 is 1.30 bits per heavy atom. The highest BCUT2D eigenvalue weighted by Gasteiger charge is 2.29. The van der Waals surface area contributed by atoms with Gasteiger partial charge in [0.15, 0.2) is 5.43 Å². The Kier molecular flexibility index (Phi) is 5.05. The van der Waals surface area contributed by atoms with Crippen LogP contribution in [0.1, 0.15) is 29.2 Å². The lowest BCUT2D eigenvalue weighted by atomic mass is 9.89. The minimum Gasteiger partial charge on any atom is -0.507 e. The van der Waals surface area contributed by atoms with Crippen molar-refractivity contribution in [3.8, 4) is 5.75 Å². The molecule has 2 aromatic heterocycles. The average Bonchev–Trinajstić information content (AvgIpc) is 2.61. The Balaban J connectivity index is 2.28. The predicted molar refractivity (Wildman–Crippen MR) is 97.3 cm³/mol. The molecule has 0 saturated heterocycles. The van der Waals surface area contributed by atoms with Gasteiger partial charge < -0.3 is 18.7 Å². The number of carbonyl (C=O) groups is 1. The van der Waals surface area contributed by atoms with E-state index < -0.39 is 22.9 Å². The zero-order valence-electron chi connectivity index (χ0n) is 14.4. The number of methoxy groups -OCH3 is 1. The fourth-order valence-corrected chi connectivity index (χ4v) is 3.07. The summed E-state index contributed by atoms with van der Waals surface area (Å²) in [5.74, 6) is -1.99. The highest BCUT2D eigenvalue weighted by molar-refractivity contribution is 6.31. The topological polar surface area (TPSA) is 107 Å². The molecule has 0 aliphatic rings. The molecule has 1 atom stereocenters. The van der Waals surface area contributed by atoms with Crippen molar-refractivity contribution in [2.45, 2.75) is 19.3 Å². The van der Waals surface area contributed by atoms with Crippen molar-refractivity contribution in [2.75, 3.05) is 7.11 Å². The normalized spacial score (nSPS) is 12.1. The minimum absolute atomic E-state index is 0.00150. The van der Waals surface area contributed by atoms with Crippen LogP contribution in [0.25, 0.3) is 11.0 Å². The Labute approximate surface area is 157 Å². The summed E-state index contributed by atoms with van der Waals surface area (Å²) in [5, 5.41) is 10.8. The highest BCUT2D eigenvalue weighted by Crippen LogP contribution is 2.32. The summed E-state index contributed by atoms with van der Waals surface area (Å²) < 4.78 is 15.2. The molecule has 7 nitrogen and oxygen atoms in total. The van der Waals surface area contributed by atoms with Crippen molar-refractivity contribution in [2.24, 2.45) is 0 Å². The molecule has 0 amide bonds. The van der Waals surface area contributed by atoms with Crippen LogP contribution in [0, 0.1) is 6.92 Å². The summed E-state index contributed by atoms with van der Waals surface area (Å²) in [7, 11) is 1.18. The maximum Gasteiger partial charge on any atom is 0.343 e. The number of hydrogen-bond donors (Lipinski definition) is 1. The highest BCUT2D eigenvalue weighted by atomic mass is 35.5. The largest absolute Gasteiger partial charge is 0.507 e. The molecule has 3 aromatic rings. The summed E-state index contributed by atoms with van der Waals surface area (Å²) in [6.07, 6.45) is 0.791. The van der Waals surface area contributed by atoms with Crippen LogP contribution in [0.15, 0.2) is 49.0 Å². The molecule has 1 aromatic carbocycles. The van der Waals surface area contributed by atoms with Gasteiger partial charge in [-0.05, 0) is 25.1 Å². The van der Waals surface area contributed by atoms with E-state index in [4.69, 9.17) is 20.4 Å². The number of halogens is 1. The second kappa shape index (κ2) is 7.28. The first-order chi connectivity index (χ1) is 12.8. The van der Waals surface area contributed by atoms with Crippen LogP contribution in [0.4, 0.5) is 0 Å². The number of rotatable bonds is 4. The second-order valence-electron chi connectivity index (χ2n) is 5.94. The lowest BCUT2D eigenvalue weighted by Crippen LogP contribution is -2.23. The van der Waals surface area contributed by atoms with Gasteiger partial charge in [-0.2, -0.15) is 0 Å². The zero-order chi connectivity index (χ0) is 19.7. The third kappa shape index (κ3) is 3.59. The van der Waals surface area contributed by atoms with Crippen molar-refractivity contribution in [3.63, 3.8) is 0 Å². The van der Waals surface area contributed by atoms with Gasteiger partial charge in [-0.15, -0.1) is 0 Å². The van der Waals surface area contributed by atoms with Crippen LogP contribution < -0.4 is 11.1 Å². The molecular weight excluding hydrogens is 376 g/mol. The summed E-state index contributed by atoms with van der Waals surface area (Å²) >= 11 is 5.95. The van der Waals surface area contributed by atoms with Crippen LogP contribution in [0.5, 0.6) is 5.75 Å². The molecule has 1 N–H and O–H groups in total. The number of carbonyl (C=O) groups excluding carboxylic acids is 1. The quantitative estimate of drug-likeness (QED) is 0.682. The fourth-order valence-electron chi connectivity index (χ4n) is 2.90. The molecule has 0 spiro atoms. The molecule has 0 radical (unpaired) electrons. The van der Waals surface area contributed by atoms with E-state index in [1.807, 2.05) is 0 Å². The van der Waals surface area contributed by atoms with Gasteiger partial charge in [0.05, 0.1) is 30.7 Å². The summed E-state index contributed by atoms with van der Waals surface area (Å²) in [4.78, 5) is 37.2. The number of esters is 1. The Bertz CT molecular complexity index is 1140. The van der Waals surface area contributed by atoms with Gasteiger partial charge in [-0.3, -0.25) is 9.59 Å². The number of ether oxygens (including phenoxy) is 1. The van der Waals surface area contributed by atoms with Crippen molar-refractivity contribution in [1.29, 1.82) is 0 Å². The Hall–Kier alpha value is -3.06. The molecule has 0 aliphatic heterocycles. The van der Waals surface area contributed by atoms with Crippen LogP contribution in [0.2, 0.25) is 5.02 Å². The SMILES string of the molecule is COC(=O)CC(c1c(O)cc(C)oc1=O)c1coc2ccc(Cl)cc2c1=O. The second-order valence-corrected chi connectivity index (χ2v) is 6.37. The average molecular weight is 391 g/mol. The van der Waals surface area contributed by atoms with Crippen LogP contribution >= 0.6 is 11.6 Å². The van der Waals surface area contributed by atoms with E-state index in [0.717, 1.165) is 6.26 Å². The van der Waals surface area contributed by atoms with Gasteiger partial charge >= 0.3 is 11.6 Å².